The summed E-state index contributed by atoms with van der Waals surface area (Å²) >= 11 is 0.880. The van der Waals surface area contributed by atoms with Crippen molar-refractivity contribution in [2.24, 2.45) is 11.7 Å². The number of hydrogen-bond acceptors (Lipinski definition) is 13. The highest BCUT2D eigenvalue weighted by Gasteiger charge is 2.51. The molecule has 0 bridgehead atoms. The zero-order valence-electron chi connectivity index (χ0n) is 45.2. The van der Waals surface area contributed by atoms with Crippen LogP contribution < -0.4 is 27.0 Å². The minimum Gasteiger partial charge on any atom is -0.447 e. The number of carbonyl (C=O) groups excluding carboxylic acids is 9. The van der Waals surface area contributed by atoms with Crippen LogP contribution in [0.5, 0.6) is 0 Å². The van der Waals surface area contributed by atoms with Crippen molar-refractivity contribution in [3.63, 3.8) is 0 Å². The summed E-state index contributed by atoms with van der Waals surface area (Å²) in [5, 5.41) is 10.2. The minimum absolute atomic E-state index is 0.0175. The second kappa shape index (κ2) is 25.2. The smallest absolute Gasteiger partial charge is 0.404 e. The summed E-state index contributed by atoms with van der Waals surface area (Å²) in [5.74, 6) is -0.996. The average molecular weight is 1210 g/mol. The van der Waals surface area contributed by atoms with Gasteiger partial charge in [-0.25, -0.2) is 13.6 Å². The van der Waals surface area contributed by atoms with Crippen molar-refractivity contribution in [1.82, 2.24) is 40.9 Å². The molecule has 3 aromatic carbocycles. The molecule has 84 heavy (non-hydrogen) atoms. The van der Waals surface area contributed by atoms with E-state index >= 15 is 0 Å². The Morgan fingerprint density at radius 1 is 0.917 bits per heavy atom. The van der Waals surface area contributed by atoms with Crippen molar-refractivity contribution in [2.45, 2.75) is 113 Å². The Labute approximate surface area is 482 Å². The van der Waals surface area contributed by atoms with Gasteiger partial charge in [-0.15, -0.1) is 11.3 Å². The summed E-state index contributed by atoms with van der Waals surface area (Å²) in [6.45, 7) is 0.223. The molecule has 0 radical (unpaired) electrons. The average Bonchev–Trinajstić information content (AvgIpc) is 3.56. The Morgan fingerprint density at radius 2 is 1.68 bits per heavy atom. The van der Waals surface area contributed by atoms with Gasteiger partial charge in [0.1, 0.15) is 36.8 Å². The Morgan fingerprint density at radius 3 is 2.39 bits per heavy atom. The molecule has 4 fully saturated rings. The van der Waals surface area contributed by atoms with Crippen LogP contribution >= 0.6 is 18.9 Å². The number of piperidine rings is 2. The maximum atomic E-state index is 14.6. The lowest BCUT2D eigenvalue weighted by Gasteiger charge is -2.38. The first-order chi connectivity index (χ1) is 39.9. The van der Waals surface area contributed by atoms with Crippen molar-refractivity contribution in [2.75, 3.05) is 39.8 Å². The number of likely N-dealkylation sites (N-methyl/N-ethyl adjacent to an activating group) is 1. The van der Waals surface area contributed by atoms with Crippen LogP contribution in [0.2, 0.25) is 0 Å². The maximum Gasteiger partial charge on any atom is 0.404 e. The fourth-order valence-corrected chi connectivity index (χ4v) is 12.8. The highest BCUT2D eigenvalue weighted by molar-refractivity contribution is 7.52. The first kappa shape index (κ1) is 60.8. The van der Waals surface area contributed by atoms with E-state index in [2.05, 4.69) is 33.1 Å². The normalized spacial score (nSPS) is 21.3. The van der Waals surface area contributed by atoms with Gasteiger partial charge in [0.2, 0.25) is 35.4 Å². The van der Waals surface area contributed by atoms with E-state index in [1.807, 2.05) is 0 Å². The summed E-state index contributed by atoms with van der Waals surface area (Å²) in [7, 11) is -4.17. The number of primary amides is 1. The molecule has 0 spiro atoms. The molecular weight excluding hydrogens is 1150 g/mol. The SMILES string of the molecule is CN1CC[C@H]2CC[C@@H](C(=O)N[C@@H](COC(N)=O)C(=O)N[C@@H](Cc3ccc(F)c(F)c3)C(=O)N3CCC(CCC#Cc4cccc5c4CN(C4CCC(=O)NC4=O)C5=O)CC3)N2C(=O)[C@@H](NC(=O)c2cc3cc(C(F)(F)P(=O)(O)O)ccc3s2)C1. The van der Waals surface area contributed by atoms with Crippen LogP contribution in [0.3, 0.4) is 0 Å². The van der Waals surface area contributed by atoms with Gasteiger partial charge in [-0.05, 0) is 123 Å². The minimum atomic E-state index is -5.90. The van der Waals surface area contributed by atoms with Crippen molar-refractivity contribution < 1.29 is 79.8 Å². The van der Waals surface area contributed by atoms with Gasteiger partial charge >= 0.3 is 19.4 Å². The number of nitrogens with one attached hydrogen (secondary N) is 4. The predicted octanol–water partition coefficient (Wildman–Crippen LogP) is 3.34. The van der Waals surface area contributed by atoms with Gasteiger partial charge in [0.05, 0.1) is 4.88 Å². The van der Waals surface area contributed by atoms with Crippen molar-refractivity contribution in [1.29, 1.82) is 0 Å². The molecule has 1 aromatic heterocycles. The number of amides is 9. The number of hydrogen-bond donors (Lipinski definition) is 7. The Bertz CT molecular complexity index is 3440. The number of benzene rings is 3. The summed E-state index contributed by atoms with van der Waals surface area (Å²) in [6, 6.07) is 5.37. The van der Waals surface area contributed by atoms with Gasteiger partial charge in [-0.1, -0.05) is 30.0 Å². The second-order valence-electron chi connectivity index (χ2n) is 21.6. The zero-order valence-corrected chi connectivity index (χ0v) is 47.0. The standard InChI is InChI=1S/C56H60F4N9O13PS/c1-66-20-19-35-11-13-44(69(35)54(77)41(28-66)63-51(74)46-26-33-25-34(10-15-45(33)84-46)56(59,60)83(79,80)81)50(73)64-42(29-82-55(61)78)48(71)62-40(24-31-9-12-38(57)39(58)23-31)53(76)67-21-17-30(18-22-67)5-2-3-6-32-7-4-8-36-37(32)27-68(52(36)75)43-14-16-47(70)65-49(43)72/h4,7-10,12,15,23,25-26,30,35,40-44H,2,5,11,13-14,16-22,24,27-29H2,1H3,(H2,61,78)(H,62,71)(H,63,74)(H,64,73)(H,65,70,72)(H2,79,80,81)/t35-,40+,41+,42+,43?,44+/m1/s1. The molecule has 1 unspecified atom stereocenters. The Kier molecular flexibility index (Phi) is 18.3. The van der Waals surface area contributed by atoms with E-state index in [1.54, 1.807) is 30.1 Å². The van der Waals surface area contributed by atoms with Gasteiger partial charge in [0, 0.05) is 72.9 Å². The number of fused-ring (bicyclic) bond motifs is 3. The van der Waals surface area contributed by atoms with Crippen LogP contribution in [-0.4, -0.2) is 159 Å². The monoisotopic (exact) mass is 1210 g/mol. The molecule has 9 rings (SSSR count). The van der Waals surface area contributed by atoms with Crippen molar-refractivity contribution in [3.05, 3.63) is 105 Å². The molecule has 22 nitrogen and oxygen atoms in total. The van der Waals surface area contributed by atoms with E-state index in [9.17, 15) is 75.1 Å². The third-order valence-electron chi connectivity index (χ3n) is 15.9. The predicted molar refractivity (Wildman–Crippen MR) is 292 cm³/mol. The molecule has 6 atom stereocenters. The van der Waals surface area contributed by atoms with Crippen LogP contribution in [0.1, 0.15) is 100 Å². The Balaban J connectivity index is 0.849. The third-order valence-corrected chi connectivity index (χ3v) is 18.0. The summed E-state index contributed by atoms with van der Waals surface area (Å²) in [5.41, 5.74) is 1.74. The van der Waals surface area contributed by atoms with E-state index in [0.717, 1.165) is 35.6 Å². The molecule has 28 heteroatoms. The molecule has 446 valence electrons. The molecule has 5 aliphatic rings. The third kappa shape index (κ3) is 13.4. The number of carbonyl (C=O) groups is 9. The molecular formula is C56H60F4N9O13PS. The van der Waals surface area contributed by atoms with Crippen LogP contribution in [0.4, 0.5) is 22.4 Å². The Hall–Kier alpha value is -7.76. The van der Waals surface area contributed by atoms with Crippen LogP contribution in [0.25, 0.3) is 10.1 Å². The van der Waals surface area contributed by atoms with E-state index < -0.39 is 115 Å². The van der Waals surface area contributed by atoms with E-state index in [0.29, 0.717) is 66.5 Å². The number of thiophene rings is 1. The van der Waals surface area contributed by atoms with Gasteiger partial charge in [-0.2, -0.15) is 8.78 Å². The van der Waals surface area contributed by atoms with Gasteiger partial charge in [0.15, 0.2) is 11.6 Å². The van der Waals surface area contributed by atoms with E-state index in [-0.39, 0.29) is 85.4 Å². The molecule has 8 N–H and O–H groups in total. The first-order valence-corrected chi connectivity index (χ1v) is 29.6. The van der Waals surface area contributed by atoms with Crippen LogP contribution in [0.15, 0.2) is 60.7 Å². The quantitative estimate of drug-likeness (QED) is 0.0367. The summed E-state index contributed by atoms with van der Waals surface area (Å²) in [6.07, 6.45) is 1.75. The lowest BCUT2D eigenvalue weighted by Crippen LogP contribution is -2.62. The molecule has 0 saturated carbocycles. The topological polar surface area (TPSA) is 307 Å². The summed E-state index contributed by atoms with van der Waals surface area (Å²) < 4.78 is 74.7. The number of rotatable bonds is 16. The number of nitrogens with two attached hydrogens (primary N) is 1. The van der Waals surface area contributed by atoms with Crippen molar-refractivity contribution in [3.8, 4) is 11.8 Å². The number of imide groups is 1. The molecule has 4 saturated heterocycles. The molecule has 0 aliphatic carbocycles. The maximum absolute atomic E-state index is 14.6. The number of likely N-dealkylation sites (tertiary alicyclic amines) is 1. The highest BCUT2D eigenvalue weighted by atomic mass is 32.1. The number of nitrogens with zero attached hydrogens (tertiary/aromatic N) is 4. The van der Waals surface area contributed by atoms with Crippen LogP contribution in [-0.2, 0) is 56.7 Å². The van der Waals surface area contributed by atoms with Gasteiger partial charge in [-0.3, -0.25) is 48.2 Å². The number of alkyl halides is 2. The lowest BCUT2D eigenvalue weighted by atomic mass is 9.91. The van der Waals surface area contributed by atoms with Crippen molar-refractivity contribution >= 4 is 82.4 Å². The van der Waals surface area contributed by atoms with E-state index in [4.69, 9.17) is 10.5 Å². The fraction of sp³-hybridized carbons (Fsp3) is 0.446. The van der Waals surface area contributed by atoms with Gasteiger partial charge in [0.25, 0.3) is 11.8 Å². The highest BCUT2D eigenvalue weighted by Crippen LogP contribution is 2.59. The first-order valence-electron chi connectivity index (χ1n) is 27.2. The van der Waals surface area contributed by atoms with E-state index in [1.165, 1.54) is 32.9 Å². The van der Waals surface area contributed by atoms with Gasteiger partial charge < -0.3 is 55.8 Å². The number of ether oxygens (including phenoxy) is 1. The second-order valence-corrected chi connectivity index (χ2v) is 24.3. The largest absolute Gasteiger partial charge is 0.447 e. The fourth-order valence-electron chi connectivity index (χ4n) is 11.4. The van der Waals surface area contributed by atoms with Crippen LogP contribution in [0, 0.1) is 29.4 Å². The summed E-state index contributed by atoms with van der Waals surface area (Å²) in [4.78, 5) is 146. The number of halogens is 4. The molecule has 9 amide bonds. The molecule has 5 aliphatic heterocycles. The molecule has 6 heterocycles. The lowest BCUT2D eigenvalue weighted by molar-refractivity contribution is -0.144. The zero-order chi connectivity index (χ0) is 60.4. The molecule has 4 aromatic rings.